The minimum Gasteiger partial charge on any atom is -0.465 e. The summed E-state index contributed by atoms with van der Waals surface area (Å²) in [5.41, 5.74) is 0.767. The van der Waals surface area contributed by atoms with E-state index in [1.807, 2.05) is 14.1 Å². The van der Waals surface area contributed by atoms with Crippen molar-refractivity contribution in [2.75, 3.05) is 27.7 Å². The van der Waals surface area contributed by atoms with Gasteiger partial charge in [0, 0.05) is 19.1 Å². The molecule has 0 fully saturated rings. The molecule has 4 nitrogen and oxygen atoms in total. The predicted octanol–water partition coefficient (Wildman–Crippen LogP) is 1.65. The Hall–Kier alpha value is -1.46. The maximum absolute atomic E-state index is 13.7. The van der Waals surface area contributed by atoms with Gasteiger partial charge in [-0.25, -0.2) is 9.18 Å². The summed E-state index contributed by atoms with van der Waals surface area (Å²) < 4.78 is 18.2. The first-order valence-corrected chi connectivity index (χ1v) is 6.19. The fourth-order valence-electron chi connectivity index (χ4n) is 1.85. The molecule has 0 spiro atoms. The Bertz CT molecular complexity index is 435. The summed E-state index contributed by atoms with van der Waals surface area (Å²) in [5.74, 6) is -1.20. The molecule has 1 atom stereocenters. The lowest BCUT2D eigenvalue weighted by atomic mass is 10.1. The van der Waals surface area contributed by atoms with Crippen molar-refractivity contribution in [2.24, 2.45) is 0 Å². The van der Waals surface area contributed by atoms with Crippen molar-refractivity contribution >= 4 is 5.97 Å². The highest BCUT2D eigenvalue weighted by molar-refractivity contribution is 5.89. The standard InChI is InChI=1S/C14H21FN2O2/c1-10(9-17(2)3)16-8-11-5-6-12(13(15)7-11)14(18)19-4/h5-7,10,16H,8-9H2,1-4H3. The van der Waals surface area contributed by atoms with E-state index in [4.69, 9.17) is 0 Å². The summed E-state index contributed by atoms with van der Waals surface area (Å²) in [6.45, 7) is 3.54. The van der Waals surface area contributed by atoms with Gasteiger partial charge in [0.05, 0.1) is 12.7 Å². The zero-order valence-corrected chi connectivity index (χ0v) is 11.9. The first kappa shape index (κ1) is 15.6. The minimum atomic E-state index is -0.655. The zero-order chi connectivity index (χ0) is 14.4. The van der Waals surface area contributed by atoms with Crippen LogP contribution in [0.2, 0.25) is 0 Å². The number of nitrogens with zero attached hydrogens (tertiary/aromatic N) is 1. The molecule has 19 heavy (non-hydrogen) atoms. The predicted molar refractivity (Wildman–Crippen MR) is 72.6 cm³/mol. The van der Waals surface area contributed by atoms with Crippen LogP contribution in [0.15, 0.2) is 18.2 Å². The quantitative estimate of drug-likeness (QED) is 0.797. The van der Waals surface area contributed by atoms with Crippen LogP contribution in [-0.2, 0) is 11.3 Å². The van der Waals surface area contributed by atoms with E-state index >= 15 is 0 Å². The molecule has 5 heteroatoms. The number of carbonyl (C=O) groups excluding carboxylic acids is 1. The van der Waals surface area contributed by atoms with Gasteiger partial charge in [-0.3, -0.25) is 0 Å². The number of esters is 1. The highest BCUT2D eigenvalue weighted by Crippen LogP contribution is 2.11. The largest absolute Gasteiger partial charge is 0.465 e. The number of hydrogen-bond donors (Lipinski definition) is 1. The maximum atomic E-state index is 13.7. The van der Waals surface area contributed by atoms with Gasteiger partial charge in [0.2, 0.25) is 0 Å². The number of nitrogens with one attached hydrogen (secondary N) is 1. The molecule has 1 N–H and O–H groups in total. The molecule has 0 aliphatic carbocycles. The van der Waals surface area contributed by atoms with Crippen molar-refractivity contribution in [1.29, 1.82) is 0 Å². The van der Waals surface area contributed by atoms with Crippen LogP contribution < -0.4 is 5.32 Å². The molecule has 0 aliphatic rings. The lowest BCUT2D eigenvalue weighted by molar-refractivity contribution is 0.0595. The monoisotopic (exact) mass is 268 g/mol. The van der Waals surface area contributed by atoms with E-state index in [1.54, 1.807) is 6.07 Å². The Morgan fingerprint density at radius 2 is 2.16 bits per heavy atom. The summed E-state index contributed by atoms with van der Waals surface area (Å²) in [6.07, 6.45) is 0. The van der Waals surface area contributed by atoms with Crippen molar-refractivity contribution < 1.29 is 13.9 Å². The third-order valence-corrected chi connectivity index (χ3v) is 2.73. The number of carbonyl (C=O) groups is 1. The van der Waals surface area contributed by atoms with Crippen LogP contribution in [0.3, 0.4) is 0 Å². The maximum Gasteiger partial charge on any atom is 0.340 e. The average Bonchev–Trinajstić information content (AvgIpc) is 2.35. The van der Waals surface area contributed by atoms with Gasteiger partial charge in [-0.15, -0.1) is 0 Å². The molecular weight excluding hydrogens is 247 g/mol. The van der Waals surface area contributed by atoms with Crippen molar-refractivity contribution in [3.63, 3.8) is 0 Å². The van der Waals surface area contributed by atoms with Crippen molar-refractivity contribution in [3.8, 4) is 0 Å². The molecule has 0 bridgehead atoms. The molecular formula is C14H21FN2O2. The normalized spacial score (nSPS) is 12.5. The van der Waals surface area contributed by atoms with E-state index in [1.165, 1.54) is 19.2 Å². The van der Waals surface area contributed by atoms with E-state index in [-0.39, 0.29) is 5.56 Å². The SMILES string of the molecule is COC(=O)c1ccc(CNC(C)CN(C)C)cc1F. The second-order valence-electron chi connectivity index (χ2n) is 4.85. The van der Waals surface area contributed by atoms with E-state index in [0.717, 1.165) is 12.1 Å². The van der Waals surface area contributed by atoms with E-state index in [0.29, 0.717) is 12.6 Å². The van der Waals surface area contributed by atoms with Gasteiger partial charge in [0.25, 0.3) is 0 Å². The zero-order valence-electron chi connectivity index (χ0n) is 11.9. The third kappa shape index (κ3) is 4.96. The first-order chi connectivity index (χ1) is 8.93. The third-order valence-electron chi connectivity index (χ3n) is 2.73. The number of methoxy groups -OCH3 is 1. The average molecular weight is 268 g/mol. The number of ether oxygens (including phenoxy) is 1. The van der Waals surface area contributed by atoms with Crippen LogP contribution in [0.5, 0.6) is 0 Å². The van der Waals surface area contributed by atoms with Crippen LogP contribution in [0.25, 0.3) is 0 Å². The number of likely N-dealkylation sites (N-methyl/N-ethyl adjacent to an activating group) is 1. The van der Waals surface area contributed by atoms with Crippen LogP contribution in [0.4, 0.5) is 4.39 Å². The molecule has 0 aliphatic heterocycles. The fourth-order valence-corrected chi connectivity index (χ4v) is 1.85. The highest BCUT2D eigenvalue weighted by Gasteiger charge is 2.12. The molecule has 106 valence electrons. The Kier molecular flexibility index (Phi) is 5.92. The lowest BCUT2D eigenvalue weighted by Gasteiger charge is -2.18. The fraction of sp³-hybridized carbons (Fsp3) is 0.500. The summed E-state index contributed by atoms with van der Waals surface area (Å²) in [4.78, 5) is 13.3. The molecule has 0 heterocycles. The molecule has 0 saturated carbocycles. The Morgan fingerprint density at radius 3 is 2.68 bits per heavy atom. The number of rotatable bonds is 6. The Morgan fingerprint density at radius 1 is 1.47 bits per heavy atom. The molecule has 0 saturated heterocycles. The van der Waals surface area contributed by atoms with Crippen LogP contribution in [0, 0.1) is 5.82 Å². The van der Waals surface area contributed by atoms with Gasteiger partial charge in [-0.1, -0.05) is 6.07 Å². The second kappa shape index (κ2) is 7.21. The Balaban J connectivity index is 2.61. The number of hydrogen-bond acceptors (Lipinski definition) is 4. The van der Waals surface area contributed by atoms with Gasteiger partial charge in [-0.05, 0) is 38.7 Å². The summed E-state index contributed by atoms with van der Waals surface area (Å²) in [7, 11) is 5.24. The van der Waals surface area contributed by atoms with Gasteiger partial charge in [0.15, 0.2) is 0 Å². The summed E-state index contributed by atoms with van der Waals surface area (Å²) in [6, 6.07) is 4.85. The topological polar surface area (TPSA) is 41.6 Å². The minimum absolute atomic E-state index is 0.0346. The van der Waals surface area contributed by atoms with Gasteiger partial charge in [0.1, 0.15) is 5.82 Å². The highest BCUT2D eigenvalue weighted by atomic mass is 19.1. The summed E-state index contributed by atoms with van der Waals surface area (Å²) >= 11 is 0. The van der Waals surface area contributed by atoms with Crippen LogP contribution in [0.1, 0.15) is 22.8 Å². The van der Waals surface area contributed by atoms with E-state index < -0.39 is 11.8 Å². The molecule has 1 aromatic rings. The molecule has 1 rings (SSSR count). The molecule has 1 aromatic carbocycles. The molecule has 0 amide bonds. The Labute approximate surface area is 113 Å². The van der Waals surface area contributed by atoms with Crippen LogP contribution >= 0.6 is 0 Å². The van der Waals surface area contributed by atoms with Crippen LogP contribution in [-0.4, -0.2) is 44.7 Å². The van der Waals surface area contributed by atoms with Gasteiger partial charge >= 0.3 is 5.97 Å². The number of halogens is 1. The molecule has 1 unspecified atom stereocenters. The summed E-state index contributed by atoms with van der Waals surface area (Å²) in [5, 5.41) is 3.30. The van der Waals surface area contributed by atoms with Gasteiger partial charge in [-0.2, -0.15) is 0 Å². The van der Waals surface area contributed by atoms with E-state index in [9.17, 15) is 9.18 Å². The van der Waals surface area contributed by atoms with E-state index in [2.05, 4.69) is 21.9 Å². The second-order valence-corrected chi connectivity index (χ2v) is 4.85. The van der Waals surface area contributed by atoms with Gasteiger partial charge < -0.3 is 15.0 Å². The van der Waals surface area contributed by atoms with Crippen molar-refractivity contribution in [3.05, 3.63) is 35.1 Å². The first-order valence-electron chi connectivity index (χ1n) is 6.19. The van der Waals surface area contributed by atoms with Crippen molar-refractivity contribution in [2.45, 2.75) is 19.5 Å². The number of benzene rings is 1. The molecule has 0 aromatic heterocycles. The lowest BCUT2D eigenvalue weighted by Crippen LogP contribution is -2.35. The smallest absolute Gasteiger partial charge is 0.340 e. The van der Waals surface area contributed by atoms with Crippen molar-refractivity contribution in [1.82, 2.24) is 10.2 Å². The molecule has 0 radical (unpaired) electrons.